The molecule has 0 spiro atoms. The lowest BCUT2D eigenvalue weighted by Gasteiger charge is -2.44. The van der Waals surface area contributed by atoms with Gasteiger partial charge in [-0.05, 0) is 24.3 Å². The van der Waals surface area contributed by atoms with Gasteiger partial charge in [-0.2, -0.15) is 11.3 Å². The highest BCUT2D eigenvalue weighted by atomic mass is 32.1. The minimum Gasteiger partial charge on any atom is -0.477 e. The molecule has 1 aromatic rings. The summed E-state index contributed by atoms with van der Waals surface area (Å²) in [6, 6.07) is -0.292. The summed E-state index contributed by atoms with van der Waals surface area (Å²) < 4.78 is 0. The number of carbonyl (C=O) groups is 2. The first kappa shape index (κ1) is 17.1. The second-order valence-electron chi connectivity index (χ2n) is 6.28. The van der Waals surface area contributed by atoms with Crippen LogP contribution in [0, 0.1) is 5.92 Å². The van der Waals surface area contributed by atoms with E-state index in [0.717, 1.165) is 11.1 Å². The third-order valence-electron chi connectivity index (χ3n) is 4.55. The molecule has 2 unspecified atom stereocenters. The smallest absolute Gasteiger partial charge is 0.352 e. The lowest BCUT2D eigenvalue weighted by atomic mass is 9.82. The van der Waals surface area contributed by atoms with Gasteiger partial charge in [-0.1, -0.05) is 12.2 Å². The van der Waals surface area contributed by atoms with Crippen molar-refractivity contribution in [3.05, 3.63) is 27.6 Å². The maximum Gasteiger partial charge on any atom is 0.352 e. The number of hydrogen-bond acceptors (Lipinski definition) is 5. The number of carbonyl (C=O) groups excluding carboxylic acids is 1. The molecule has 1 saturated heterocycles. The molecule has 3 atom stereocenters. The number of nitrogens with zero attached hydrogens (tertiary/aromatic N) is 2. The predicted octanol–water partition coefficient (Wildman–Crippen LogP) is 1.39. The summed E-state index contributed by atoms with van der Waals surface area (Å²) in [5.74, 6) is -1.99. The van der Waals surface area contributed by atoms with Crippen LogP contribution < -0.4 is 0 Å². The van der Waals surface area contributed by atoms with Crippen LogP contribution in [0.2, 0.25) is 0 Å². The lowest BCUT2D eigenvalue weighted by molar-refractivity contribution is -0.161. The molecule has 3 rings (SSSR count). The van der Waals surface area contributed by atoms with Crippen LogP contribution in [0.15, 0.2) is 16.5 Å². The van der Waals surface area contributed by atoms with Crippen LogP contribution in [0.1, 0.15) is 24.5 Å². The Labute approximate surface area is 149 Å². The van der Waals surface area contributed by atoms with Crippen LogP contribution in [0.25, 0.3) is 5.57 Å². The van der Waals surface area contributed by atoms with Gasteiger partial charge in [0.05, 0.1) is 18.1 Å². The highest BCUT2D eigenvalue weighted by molar-refractivity contribution is 7.80. The fraction of sp³-hybridized carbons (Fsp3) is 0.438. The average molecular weight is 366 g/mol. The van der Waals surface area contributed by atoms with Crippen LogP contribution in [-0.4, -0.2) is 63.1 Å². The van der Waals surface area contributed by atoms with E-state index in [0.29, 0.717) is 17.0 Å². The maximum absolute atomic E-state index is 12.3. The van der Waals surface area contributed by atoms with Crippen LogP contribution in [-0.2, 0) is 9.59 Å². The minimum atomic E-state index is -1.13. The van der Waals surface area contributed by atoms with Crippen LogP contribution >= 0.6 is 23.6 Å². The molecular formula is C16H18N2O4S2. The average Bonchev–Trinajstić information content (AvgIpc) is 3.07. The molecule has 0 saturated carbocycles. The molecule has 2 N–H and O–H groups in total. The SMILES string of the molecule is C[C@@H](O)C1C(=O)N2C(C(=O)O)=C(c3cscc3C(=S)N(C)C)CC12. The Bertz CT molecular complexity index is 766. The summed E-state index contributed by atoms with van der Waals surface area (Å²) in [6.07, 6.45) is -0.374. The van der Waals surface area contributed by atoms with E-state index in [1.54, 1.807) is 11.8 Å². The summed E-state index contributed by atoms with van der Waals surface area (Å²) in [5.41, 5.74) is 2.20. The molecule has 0 aromatic carbocycles. The molecule has 8 heteroatoms. The topological polar surface area (TPSA) is 81.1 Å². The molecule has 2 aliphatic rings. The van der Waals surface area contributed by atoms with E-state index in [4.69, 9.17) is 12.2 Å². The lowest BCUT2D eigenvalue weighted by Crippen LogP contribution is -2.61. The normalized spacial score (nSPS) is 23.8. The first-order valence-electron chi connectivity index (χ1n) is 7.51. The van der Waals surface area contributed by atoms with Gasteiger partial charge >= 0.3 is 5.97 Å². The summed E-state index contributed by atoms with van der Waals surface area (Å²) in [7, 11) is 3.68. The minimum absolute atomic E-state index is 0.0168. The van der Waals surface area contributed by atoms with Gasteiger partial charge in [0, 0.05) is 30.6 Å². The highest BCUT2D eigenvalue weighted by Crippen LogP contribution is 2.48. The van der Waals surface area contributed by atoms with E-state index in [-0.39, 0.29) is 17.6 Å². The number of aliphatic carboxylic acids is 1. The van der Waals surface area contributed by atoms with E-state index in [1.165, 1.54) is 16.2 Å². The number of β-lactam (4-membered cyclic amide) rings is 1. The molecule has 0 aliphatic carbocycles. The van der Waals surface area contributed by atoms with Crippen LogP contribution in [0.4, 0.5) is 0 Å². The van der Waals surface area contributed by atoms with Crippen molar-refractivity contribution in [3.8, 4) is 0 Å². The van der Waals surface area contributed by atoms with Crippen molar-refractivity contribution in [1.82, 2.24) is 9.80 Å². The van der Waals surface area contributed by atoms with E-state index in [9.17, 15) is 19.8 Å². The zero-order chi connectivity index (χ0) is 17.8. The maximum atomic E-state index is 12.3. The molecule has 1 amide bonds. The number of aliphatic hydroxyl groups is 1. The number of carboxylic acid groups (broad SMARTS) is 1. The Morgan fingerprint density at radius 3 is 2.67 bits per heavy atom. The first-order chi connectivity index (χ1) is 11.3. The number of rotatable bonds is 4. The number of carboxylic acids is 1. The van der Waals surface area contributed by atoms with Gasteiger partial charge in [0.1, 0.15) is 10.7 Å². The Morgan fingerprint density at radius 1 is 1.46 bits per heavy atom. The molecular weight excluding hydrogens is 348 g/mol. The number of hydrogen-bond donors (Lipinski definition) is 2. The van der Waals surface area contributed by atoms with Crippen molar-refractivity contribution in [1.29, 1.82) is 0 Å². The van der Waals surface area contributed by atoms with E-state index >= 15 is 0 Å². The monoisotopic (exact) mass is 366 g/mol. The van der Waals surface area contributed by atoms with Crippen molar-refractivity contribution >= 4 is 46.0 Å². The number of thiocarbonyl (C=S) groups is 1. The largest absolute Gasteiger partial charge is 0.477 e. The van der Waals surface area contributed by atoms with Crippen molar-refractivity contribution in [2.24, 2.45) is 5.92 Å². The standard InChI is InChI=1S/C16H18N2O4S2/c1-7(19)12-11-4-8(13(16(21)22)18(11)14(12)20)9-5-24-6-10(9)15(23)17(2)3/h5-7,11-12,19H,4H2,1-3H3,(H,21,22)/t7-,11?,12?/m1/s1. The van der Waals surface area contributed by atoms with Crippen molar-refractivity contribution < 1.29 is 19.8 Å². The molecule has 128 valence electrons. The molecule has 24 heavy (non-hydrogen) atoms. The van der Waals surface area contributed by atoms with Crippen molar-refractivity contribution in [2.45, 2.75) is 25.5 Å². The van der Waals surface area contributed by atoms with Gasteiger partial charge in [0.25, 0.3) is 0 Å². The van der Waals surface area contributed by atoms with Gasteiger partial charge in [-0.3, -0.25) is 4.79 Å². The second kappa shape index (κ2) is 5.94. The molecule has 0 bridgehead atoms. The number of fused-ring (bicyclic) bond motifs is 1. The van der Waals surface area contributed by atoms with E-state index in [2.05, 4.69) is 0 Å². The summed E-state index contributed by atoms with van der Waals surface area (Å²) in [4.78, 5) is 27.8. The molecule has 3 heterocycles. The van der Waals surface area contributed by atoms with Gasteiger partial charge in [0.15, 0.2) is 0 Å². The zero-order valence-corrected chi connectivity index (χ0v) is 15.1. The van der Waals surface area contributed by atoms with Crippen LogP contribution in [0.3, 0.4) is 0 Å². The van der Waals surface area contributed by atoms with Gasteiger partial charge in [-0.15, -0.1) is 0 Å². The first-order valence-corrected chi connectivity index (χ1v) is 8.86. The quantitative estimate of drug-likeness (QED) is 0.619. The van der Waals surface area contributed by atoms with Crippen molar-refractivity contribution in [3.63, 3.8) is 0 Å². The van der Waals surface area contributed by atoms with Gasteiger partial charge in [-0.25, -0.2) is 4.79 Å². The van der Waals surface area contributed by atoms with Crippen molar-refractivity contribution in [2.75, 3.05) is 14.1 Å². The Balaban J connectivity index is 2.06. The molecule has 1 fully saturated rings. The fourth-order valence-electron chi connectivity index (χ4n) is 3.45. The predicted molar refractivity (Wildman–Crippen MR) is 94.7 cm³/mol. The third kappa shape index (κ3) is 2.37. The summed E-state index contributed by atoms with van der Waals surface area (Å²) >= 11 is 6.88. The molecule has 0 radical (unpaired) electrons. The Morgan fingerprint density at radius 2 is 2.12 bits per heavy atom. The highest BCUT2D eigenvalue weighted by Gasteiger charge is 2.57. The van der Waals surface area contributed by atoms with Crippen LogP contribution in [0.5, 0.6) is 0 Å². The Kier molecular flexibility index (Phi) is 4.23. The summed E-state index contributed by atoms with van der Waals surface area (Å²) in [6.45, 7) is 1.57. The number of amides is 1. The van der Waals surface area contributed by atoms with Gasteiger partial charge in [0.2, 0.25) is 5.91 Å². The fourth-order valence-corrected chi connectivity index (χ4v) is 4.54. The number of thiophene rings is 1. The second-order valence-corrected chi connectivity index (χ2v) is 7.41. The molecule has 2 aliphatic heterocycles. The van der Waals surface area contributed by atoms with E-state index < -0.39 is 18.0 Å². The number of aliphatic hydroxyl groups excluding tert-OH is 1. The van der Waals surface area contributed by atoms with E-state index in [1.807, 2.05) is 24.9 Å². The van der Waals surface area contributed by atoms with Gasteiger partial charge < -0.3 is 20.0 Å². The Hall–Kier alpha value is -1.77. The zero-order valence-electron chi connectivity index (χ0n) is 13.5. The molecule has 1 aromatic heterocycles. The third-order valence-corrected chi connectivity index (χ3v) is 5.88. The molecule has 6 nitrogen and oxygen atoms in total. The summed E-state index contributed by atoms with van der Waals surface area (Å²) in [5, 5.41) is 23.2.